The fourth-order valence-corrected chi connectivity index (χ4v) is 4.81. The molecule has 0 aliphatic heterocycles. The first-order valence-electron chi connectivity index (χ1n) is 4.93. The van der Waals surface area contributed by atoms with Crippen molar-refractivity contribution in [2.45, 2.75) is 25.8 Å². The highest BCUT2D eigenvalue weighted by Gasteiger charge is 2.22. The van der Waals surface area contributed by atoms with Crippen LogP contribution in [0.1, 0.15) is 19.4 Å². The lowest BCUT2D eigenvalue weighted by molar-refractivity contribution is 0.582. The fourth-order valence-electron chi connectivity index (χ4n) is 1.50. The van der Waals surface area contributed by atoms with Gasteiger partial charge in [0.05, 0.1) is 0 Å². The average molecular weight is 247 g/mol. The monoisotopic (exact) mass is 246 g/mol. The van der Waals surface area contributed by atoms with Crippen molar-refractivity contribution < 1.29 is 0 Å². The summed E-state index contributed by atoms with van der Waals surface area (Å²) in [5.41, 5.74) is 1.81. The van der Waals surface area contributed by atoms with Crippen molar-refractivity contribution in [2.75, 3.05) is 0 Å². The summed E-state index contributed by atoms with van der Waals surface area (Å²) < 4.78 is 0. The van der Waals surface area contributed by atoms with Gasteiger partial charge in [-0.3, -0.25) is 0 Å². The molecule has 78 valence electrons. The van der Waals surface area contributed by atoms with Gasteiger partial charge in [0.2, 0.25) is 7.42 Å². The molecule has 0 heterocycles. The molecule has 0 nitrogen and oxygen atoms in total. The van der Waals surface area contributed by atoms with E-state index < -0.39 is 7.42 Å². The molecule has 1 aromatic carbocycles. The van der Waals surface area contributed by atoms with E-state index in [4.69, 9.17) is 22.2 Å². The molecule has 0 aliphatic carbocycles. The fraction of sp³-hybridized carbons (Fsp3) is 0.455. The van der Waals surface area contributed by atoms with E-state index in [1.807, 2.05) is 6.07 Å². The zero-order chi connectivity index (χ0) is 10.6. The second-order valence-corrected chi connectivity index (χ2v) is 8.95. The Morgan fingerprint density at radius 3 is 2.14 bits per heavy atom. The third kappa shape index (κ3) is 3.64. The average Bonchev–Trinajstić information content (AvgIpc) is 2.15. The summed E-state index contributed by atoms with van der Waals surface area (Å²) >= 11 is 12.2. The normalized spacial score (nSPS) is 13.6. The Hall–Kier alpha value is 0.0169. The molecule has 0 saturated heterocycles. The first kappa shape index (κ1) is 12.1. The maximum atomic E-state index is 6.09. The van der Waals surface area contributed by atoms with Gasteiger partial charge in [-0.05, 0) is 23.4 Å². The maximum absolute atomic E-state index is 6.09. The van der Waals surface area contributed by atoms with E-state index in [0.29, 0.717) is 11.5 Å². The SMILES string of the molecule is CC(C)C(Cc1ccccc1)[SiH](Cl)Cl. The van der Waals surface area contributed by atoms with Gasteiger partial charge in [-0.15, -0.1) is 0 Å². The van der Waals surface area contributed by atoms with E-state index in [-0.39, 0.29) is 0 Å². The topological polar surface area (TPSA) is 0 Å². The van der Waals surface area contributed by atoms with Gasteiger partial charge in [0.15, 0.2) is 0 Å². The van der Waals surface area contributed by atoms with Crippen LogP contribution >= 0.6 is 22.2 Å². The van der Waals surface area contributed by atoms with Crippen LogP contribution in [-0.2, 0) is 6.42 Å². The van der Waals surface area contributed by atoms with Gasteiger partial charge in [0.25, 0.3) is 0 Å². The molecule has 0 bridgehead atoms. The Morgan fingerprint density at radius 2 is 1.71 bits per heavy atom. The molecule has 0 N–H and O–H groups in total. The molecule has 3 heteroatoms. The highest BCUT2D eigenvalue weighted by Crippen LogP contribution is 2.29. The lowest BCUT2D eigenvalue weighted by atomic mass is 10.0. The Morgan fingerprint density at radius 1 is 1.14 bits per heavy atom. The molecule has 0 spiro atoms. The summed E-state index contributed by atoms with van der Waals surface area (Å²) in [7, 11) is -1.57. The molecule has 0 aromatic heterocycles. The van der Waals surface area contributed by atoms with E-state index in [2.05, 4.69) is 38.1 Å². The quantitative estimate of drug-likeness (QED) is 0.558. The Balaban J connectivity index is 2.65. The summed E-state index contributed by atoms with van der Waals surface area (Å²) in [5.74, 6) is 0.571. The van der Waals surface area contributed by atoms with Crippen LogP contribution in [0.15, 0.2) is 30.3 Å². The number of hydrogen-bond acceptors (Lipinski definition) is 0. The molecule has 1 atom stereocenters. The lowest BCUT2D eigenvalue weighted by Gasteiger charge is -2.20. The first-order valence-corrected chi connectivity index (χ1v) is 9.09. The van der Waals surface area contributed by atoms with Crippen LogP contribution in [0.2, 0.25) is 5.54 Å². The largest absolute Gasteiger partial charge is 0.240 e. The number of halogens is 2. The Kier molecular flexibility index (Phi) is 5.00. The first-order chi connectivity index (χ1) is 6.61. The van der Waals surface area contributed by atoms with E-state index in [1.54, 1.807) is 0 Å². The van der Waals surface area contributed by atoms with Crippen molar-refractivity contribution in [1.29, 1.82) is 0 Å². The summed E-state index contributed by atoms with van der Waals surface area (Å²) in [6.07, 6.45) is 1.02. The highest BCUT2D eigenvalue weighted by atomic mass is 35.7. The minimum atomic E-state index is -1.57. The summed E-state index contributed by atoms with van der Waals surface area (Å²) in [6, 6.07) is 10.4. The van der Waals surface area contributed by atoms with Crippen molar-refractivity contribution in [2.24, 2.45) is 5.92 Å². The van der Waals surface area contributed by atoms with Crippen molar-refractivity contribution in [3.8, 4) is 0 Å². The van der Waals surface area contributed by atoms with E-state index in [0.717, 1.165) is 6.42 Å². The second-order valence-electron chi connectivity index (χ2n) is 3.93. The molecule has 0 amide bonds. The van der Waals surface area contributed by atoms with Crippen LogP contribution in [0.5, 0.6) is 0 Å². The van der Waals surface area contributed by atoms with Crippen molar-refractivity contribution in [1.82, 2.24) is 0 Å². The van der Waals surface area contributed by atoms with Crippen LogP contribution in [0, 0.1) is 5.92 Å². The van der Waals surface area contributed by atoms with Gasteiger partial charge in [0, 0.05) is 0 Å². The summed E-state index contributed by atoms with van der Waals surface area (Å²) in [5, 5.41) is 0. The lowest BCUT2D eigenvalue weighted by Crippen LogP contribution is -2.16. The molecule has 0 fully saturated rings. The van der Waals surface area contributed by atoms with Crippen LogP contribution in [0.25, 0.3) is 0 Å². The highest BCUT2D eigenvalue weighted by molar-refractivity contribution is 7.34. The molecular formula is C11H16Cl2Si. The second kappa shape index (κ2) is 5.79. The van der Waals surface area contributed by atoms with Crippen LogP contribution in [-0.4, -0.2) is 7.42 Å². The smallest absolute Gasteiger partial charge is 0.150 e. The minimum absolute atomic E-state index is 0.473. The molecule has 0 radical (unpaired) electrons. The molecule has 1 unspecified atom stereocenters. The van der Waals surface area contributed by atoms with E-state index in [1.165, 1.54) is 5.56 Å². The standard InChI is InChI=1S/C11H16Cl2Si/c1-9(2)11(14(12)13)8-10-6-4-3-5-7-10/h3-7,9,11,14H,8H2,1-2H3. The molecular weight excluding hydrogens is 231 g/mol. The molecule has 0 saturated carbocycles. The minimum Gasteiger partial charge on any atom is -0.150 e. The van der Waals surface area contributed by atoms with Crippen molar-refractivity contribution in [3.63, 3.8) is 0 Å². The van der Waals surface area contributed by atoms with Gasteiger partial charge in [-0.2, -0.15) is 22.2 Å². The van der Waals surface area contributed by atoms with Crippen molar-refractivity contribution >= 4 is 29.6 Å². The van der Waals surface area contributed by atoms with Gasteiger partial charge < -0.3 is 0 Å². The Labute approximate surface area is 97.3 Å². The van der Waals surface area contributed by atoms with Crippen LogP contribution < -0.4 is 0 Å². The molecule has 1 rings (SSSR count). The Bertz CT molecular complexity index is 251. The zero-order valence-corrected chi connectivity index (χ0v) is 11.2. The molecule has 14 heavy (non-hydrogen) atoms. The summed E-state index contributed by atoms with van der Waals surface area (Å²) in [6.45, 7) is 4.39. The number of benzene rings is 1. The van der Waals surface area contributed by atoms with E-state index in [9.17, 15) is 0 Å². The third-order valence-corrected chi connectivity index (χ3v) is 6.09. The van der Waals surface area contributed by atoms with Crippen LogP contribution in [0.4, 0.5) is 0 Å². The molecule has 0 aliphatic rings. The predicted molar refractivity (Wildman–Crippen MR) is 67.6 cm³/mol. The summed E-state index contributed by atoms with van der Waals surface area (Å²) in [4.78, 5) is 0. The molecule has 1 aromatic rings. The van der Waals surface area contributed by atoms with Crippen molar-refractivity contribution in [3.05, 3.63) is 35.9 Å². The maximum Gasteiger partial charge on any atom is 0.240 e. The number of hydrogen-bond donors (Lipinski definition) is 0. The third-order valence-electron chi connectivity index (χ3n) is 2.49. The zero-order valence-electron chi connectivity index (χ0n) is 8.58. The van der Waals surface area contributed by atoms with E-state index >= 15 is 0 Å². The van der Waals surface area contributed by atoms with Gasteiger partial charge >= 0.3 is 0 Å². The van der Waals surface area contributed by atoms with Gasteiger partial charge in [0.1, 0.15) is 0 Å². The van der Waals surface area contributed by atoms with Crippen LogP contribution in [0.3, 0.4) is 0 Å². The number of rotatable bonds is 4. The predicted octanol–water partition coefficient (Wildman–Crippen LogP) is 3.95. The van der Waals surface area contributed by atoms with Gasteiger partial charge in [-0.25, -0.2) is 0 Å². The van der Waals surface area contributed by atoms with Gasteiger partial charge in [-0.1, -0.05) is 44.2 Å².